The highest BCUT2D eigenvalue weighted by Gasteiger charge is 2.18. The van der Waals surface area contributed by atoms with Crippen molar-refractivity contribution < 1.29 is 18.5 Å². The third-order valence-electron chi connectivity index (χ3n) is 4.50. The van der Waals surface area contributed by atoms with E-state index in [0.717, 1.165) is 39.0 Å². The summed E-state index contributed by atoms with van der Waals surface area (Å²) in [5, 5.41) is 7.48. The Kier molecular flexibility index (Phi) is 4.59. The van der Waals surface area contributed by atoms with E-state index in [1.807, 2.05) is 33.8 Å². The molecule has 0 aliphatic carbocycles. The molecule has 2 heterocycles. The molecule has 0 bridgehead atoms. The number of rotatable bonds is 4. The third kappa shape index (κ3) is 3.10. The molecule has 1 aromatic carbocycles. The van der Waals surface area contributed by atoms with Crippen LogP contribution in [-0.2, 0) is 4.79 Å². The van der Waals surface area contributed by atoms with E-state index in [0.29, 0.717) is 17.3 Å². The molecule has 0 saturated heterocycles. The zero-order valence-electron chi connectivity index (χ0n) is 15.8. The monoisotopic (exact) mass is 354 g/mol. The maximum atomic E-state index is 12.3. The number of carbonyl (C=O) groups is 1. The van der Waals surface area contributed by atoms with Gasteiger partial charge in [0.05, 0.1) is 7.11 Å². The molecule has 0 aliphatic heterocycles. The fourth-order valence-electron chi connectivity index (χ4n) is 3.03. The second-order valence-electron chi connectivity index (χ2n) is 6.38. The van der Waals surface area contributed by atoms with Crippen LogP contribution in [0.2, 0.25) is 0 Å². The molecule has 6 nitrogen and oxygen atoms in total. The lowest BCUT2D eigenvalue weighted by atomic mass is 9.98. The van der Waals surface area contributed by atoms with Crippen LogP contribution in [0, 0.1) is 27.7 Å². The van der Waals surface area contributed by atoms with Gasteiger partial charge in [-0.15, -0.1) is 0 Å². The Hall–Kier alpha value is -3.02. The molecule has 0 fully saturated rings. The molecule has 1 N–H and O–H groups in total. The first kappa shape index (κ1) is 17.8. The van der Waals surface area contributed by atoms with Crippen LogP contribution in [0.25, 0.3) is 16.5 Å². The number of allylic oxidation sites excluding steroid dienone is 1. The van der Waals surface area contributed by atoms with Gasteiger partial charge in [-0.1, -0.05) is 5.16 Å². The average Bonchev–Trinajstić information content (AvgIpc) is 3.11. The number of hydrogen-bond donors (Lipinski definition) is 1. The Morgan fingerprint density at radius 1 is 1.19 bits per heavy atom. The van der Waals surface area contributed by atoms with Gasteiger partial charge in [0, 0.05) is 28.7 Å². The fourth-order valence-corrected chi connectivity index (χ4v) is 3.03. The molecule has 0 spiro atoms. The van der Waals surface area contributed by atoms with Crippen LogP contribution in [-0.4, -0.2) is 18.2 Å². The predicted molar refractivity (Wildman–Crippen MR) is 100 cm³/mol. The van der Waals surface area contributed by atoms with Crippen molar-refractivity contribution in [3.63, 3.8) is 0 Å². The van der Waals surface area contributed by atoms with Crippen molar-refractivity contribution in [3.8, 4) is 5.75 Å². The summed E-state index contributed by atoms with van der Waals surface area (Å²) < 4.78 is 16.4. The molecule has 0 aliphatic rings. The molecule has 2 aromatic heterocycles. The van der Waals surface area contributed by atoms with Crippen LogP contribution in [0.3, 0.4) is 0 Å². The van der Waals surface area contributed by atoms with E-state index in [2.05, 4.69) is 10.5 Å². The zero-order chi connectivity index (χ0) is 19.0. The summed E-state index contributed by atoms with van der Waals surface area (Å²) in [6.45, 7) is 9.56. The van der Waals surface area contributed by atoms with Gasteiger partial charge in [0.2, 0.25) is 5.91 Å². The molecule has 26 heavy (non-hydrogen) atoms. The van der Waals surface area contributed by atoms with Gasteiger partial charge in [-0.2, -0.15) is 0 Å². The molecule has 136 valence electrons. The lowest BCUT2D eigenvalue weighted by Crippen LogP contribution is -2.09. The van der Waals surface area contributed by atoms with Gasteiger partial charge in [0.1, 0.15) is 22.9 Å². The van der Waals surface area contributed by atoms with Crippen LogP contribution in [0.15, 0.2) is 27.1 Å². The van der Waals surface area contributed by atoms with Gasteiger partial charge < -0.3 is 19.0 Å². The standard InChI is InChI=1S/C20H22N2O4/c1-10(7-18(23)21-17-8-11(2)26-22-17)15-9-16-12(3)14(5)25-20(16)13(4)19(15)24-6/h7-9H,1-6H3,(H,21,22,23)/b10-7+. The summed E-state index contributed by atoms with van der Waals surface area (Å²) >= 11 is 0. The number of ether oxygens (including phenoxy) is 1. The minimum absolute atomic E-state index is 0.282. The number of aromatic nitrogens is 1. The molecule has 6 heteroatoms. The number of aryl methyl sites for hydroxylation is 4. The smallest absolute Gasteiger partial charge is 0.249 e. The van der Waals surface area contributed by atoms with E-state index < -0.39 is 0 Å². The van der Waals surface area contributed by atoms with E-state index in [1.165, 1.54) is 6.08 Å². The van der Waals surface area contributed by atoms with Crippen LogP contribution >= 0.6 is 0 Å². The summed E-state index contributed by atoms with van der Waals surface area (Å²) in [5.74, 6) is 2.31. The number of hydrogen-bond acceptors (Lipinski definition) is 5. The fraction of sp³-hybridized carbons (Fsp3) is 0.300. The second kappa shape index (κ2) is 6.71. The lowest BCUT2D eigenvalue weighted by molar-refractivity contribution is -0.111. The summed E-state index contributed by atoms with van der Waals surface area (Å²) in [6, 6.07) is 3.67. The van der Waals surface area contributed by atoms with Crippen molar-refractivity contribution in [1.82, 2.24) is 5.16 Å². The number of nitrogens with one attached hydrogen (secondary N) is 1. The van der Waals surface area contributed by atoms with Crippen molar-refractivity contribution in [3.05, 3.63) is 46.4 Å². The largest absolute Gasteiger partial charge is 0.496 e. The lowest BCUT2D eigenvalue weighted by Gasteiger charge is -2.13. The van der Waals surface area contributed by atoms with Gasteiger partial charge in [0.25, 0.3) is 0 Å². The van der Waals surface area contributed by atoms with Crippen molar-refractivity contribution >= 4 is 28.3 Å². The normalized spacial score (nSPS) is 11.8. The summed E-state index contributed by atoms with van der Waals surface area (Å²) in [7, 11) is 1.62. The molecule has 3 aromatic rings. The predicted octanol–water partition coefficient (Wildman–Crippen LogP) is 4.71. The second-order valence-corrected chi connectivity index (χ2v) is 6.38. The van der Waals surface area contributed by atoms with Crippen LogP contribution in [0.5, 0.6) is 5.75 Å². The van der Waals surface area contributed by atoms with Crippen LogP contribution in [0.4, 0.5) is 5.82 Å². The SMILES string of the molecule is COc1c(/C(C)=C/C(=O)Nc2cc(C)on2)cc2c(C)c(C)oc2c1C. The van der Waals surface area contributed by atoms with Gasteiger partial charge >= 0.3 is 0 Å². The number of fused-ring (bicyclic) bond motifs is 1. The van der Waals surface area contributed by atoms with Crippen LogP contribution < -0.4 is 10.1 Å². The number of amides is 1. The van der Waals surface area contributed by atoms with E-state index >= 15 is 0 Å². The molecular weight excluding hydrogens is 332 g/mol. The number of anilines is 1. The van der Waals surface area contributed by atoms with E-state index in [1.54, 1.807) is 20.1 Å². The first-order chi connectivity index (χ1) is 12.3. The molecular formula is C20H22N2O4. The summed E-state index contributed by atoms with van der Waals surface area (Å²) in [6.07, 6.45) is 1.52. The van der Waals surface area contributed by atoms with E-state index in [-0.39, 0.29) is 5.91 Å². The highest BCUT2D eigenvalue weighted by molar-refractivity contribution is 6.04. The average molecular weight is 354 g/mol. The highest BCUT2D eigenvalue weighted by Crippen LogP contribution is 2.38. The van der Waals surface area contributed by atoms with E-state index in [4.69, 9.17) is 13.7 Å². The molecule has 0 saturated carbocycles. The molecule has 0 atom stereocenters. The number of benzene rings is 1. The molecule has 1 amide bonds. The first-order valence-electron chi connectivity index (χ1n) is 8.32. The van der Waals surface area contributed by atoms with Gasteiger partial charge in [0.15, 0.2) is 5.82 Å². The van der Waals surface area contributed by atoms with E-state index in [9.17, 15) is 4.79 Å². The number of methoxy groups -OCH3 is 1. The Morgan fingerprint density at radius 2 is 1.92 bits per heavy atom. The Labute approximate surface area is 151 Å². The van der Waals surface area contributed by atoms with Crippen molar-refractivity contribution in [2.24, 2.45) is 0 Å². The maximum Gasteiger partial charge on any atom is 0.249 e. The molecule has 0 unspecified atom stereocenters. The quantitative estimate of drug-likeness (QED) is 0.687. The maximum absolute atomic E-state index is 12.3. The van der Waals surface area contributed by atoms with Gasteiger partial charge in [-0.05, 0) is 51.8 Å². The Bertz CT molecular complexity index is 1020. The molecule has 0 radical (unpaired) electrons. The van der Waals surface area contributed by atoms with Gasteiger partial charge in [-0.25, -0.2) is 0 Å². The van der Waals surface area contributed by atoms with Crippen molar-refractivity contribution in [1.29, 1.82) is 0 Å². The minimum Gasteiger partial charge on any atom is -0.496 e. The van der Waals surface area contributed by atoms with Gasteiger partial charge in [-0.3, -0.25) is 4.79 Å². The van der Waals surface area contributed by atoms with Crippen LogP contribution in [0.1, 0.15) is 35.1 Å². The minimum atomic E-state index is -0.282. The molecule has 3 rings (SSSR count). The Morgan fingerprint density at radius 3 is 2.54 bits per heavy atom. The zero-order valence-corrected chi connectivity index (χ0v) is 15.8. The van der Waals surface area contributed by atoms with Crippen molar-refractivity contribution in [2.75, 3.05) is 12.4 Å². The summed E-state index contributed by atoms with van der Waals surface area (Å²) in [4.78, 5) is 12.3. The topological polar surface area (TPSA) is 77.5 Å². The first-order valence-corrected chi connectivity index (χ1v) is 8.32. The Balaban J connectivity index is 2.02. The van der Waals surface area contributed by atoms with Crippen molar-refractivity contribution in [2.45, 2.75) is 34.6 Å². The number of furan rings is 1. The number of nitrogens with zero attached hydrogens (tertiary/aromatic N) is 1. The third-order valence-corrected chi connectivity index (χ3v) is 4.50. The number of carbonyl (C=O) groups excluding carboxylic acids is 1. The summed E-state index contributed by atoms with van der Waals surface area (Å²) in [5.41, 5.74) is 4.45. The highest BCUT2D eigenvalue weighted by atomic mass is 16.5.